The second-order valence-corrected chi connectivity index (χ2v) is 9.89. The number of β-amino-alcohol motifs (C(OH)–C–C–N with tert-alkyl or cyclic N) is 1. The van der Waals surface area contributed by atoms with Crippen molar-refractivity contribution in [1.29, 1.82) is 0 Å². The van der Waals surface area contributed by atoms with Gasteiger partial charge in [0.05, 0.1) is 18.2 Å². The molecule has 1 aromatic heterocycles. The van der Waals surface area contributed by atoms with E-state index < -0.39 is 29.9 Å². The predicted octanol–water partition coefficient (Wildman–Crippen LogP) is 3.86. The first-order valence-electron chi connectivity index (χ1n) is 12.0. The van der Waals surface area contributed by atoms with Gasteiger partial charge >= 0.3 is 6.18 Å². The highest BCUT2D eigenvalue weighted by molar-refractivity contribution is 6.10. The van der Waals surface area contributed by atoms with E-state index in [2.05, 4.69) is 10.2 Å². The molecule has 3 aromatic rings. The molecule has 0 aliphatic carbocycles. The molecule has 1 amide bonds. The van der Waals surface area contributed by atoms with Crippen molar-refractivity contribution in [3.63, 3.8) is 0 Å². The summed E-state index contributed by atoms with van der Waals surface area (Å²) in [5.41, 5.74) is 0.769. The van der Waals surface area contributed by atoms with Crippen LogP contribution in [0.4, 0.5) is 23.2 Å². The van der Waals surface area contributed by atoms with E-state index in [0.29, 0.717) is 12.1 Å². The largest absolute Gasteiger partial charge is 0.416 e. The molecule has 0 unspecified atom stereocenters. The standard InChI is InChI=1S/C26H27F4N5O2/c1-15(6-24-32-31-14-33(24)2)17-4-3-5-18(9-17)35-11-20-19(25(35)37)7-16(8-21(20)26(28,29)30)10-34-12-22(27)23(36)13-34/h3-5,7-9,14-15,22-23,36H,6,10-13H2,1-2H3/t15-,22-,23-/m1/s1. The van der Waals surface area contributed by atoms with E-state index in [9.17, 15) is 27.5 Å². The number of carbonyl (C=O) groups is 1. The number of fused-ring (bicyclic) bond motifs is 1. The van der Waals surface area contributed by atoms with E-state index in [1.54, 1.807) is 23.4 Å². The van der Waals surface area contributed by atoms with Crippen LogP contribution < -0.4 is 4.90 Å². The minimum Gasteiger partial charge on any atom is -0.389 e. The van der Waals surface area contributed by atoms with E-state index in [4.69, 9.17) is 0 Å². The number of hydrogen-bond donors (Lipinski definition) is 1. The molecular weight excluding hydrogens is 490 g/mol. The first-order chi connectivity index (χ1) is 17.5. The van der Waals surface area contributed by atoms with Gasteiger partial charge in [0.15, 0.2) is 0 Å². The van der Waals surface area contributed by atoms with Crippen LogP contribution in [-0.4, -0.2) is 56.0 Å². The molecule has 1 saturated heterocycles. The lowest BCUT2D eigenvalue weighted by Gasteiger charge is -2.19. The zero-order valence-corrected chi connectivity index (χ0v) is 20.4. The smallest absolute Gasteiger partial charge is 0.389 e. The van der Waals surface area contributed by atoms with E-state index in [1.165, 1.54) is 11.0 Å². The van der Waals surface area contributed by atoms with Gasteiger partial charge in [0.25, 0.3) is 5.91 Å². The Kier molecular flexibility index (Phi) is 6.53. The third-order valence-corrected chi connectivity index (χ3v) is 7.15. The van der Waals surface area contributed by atoms with Crippen LogP contribution in [0.1, 0.15) is 51.3 Å². The summed E-state index contributed by atoms with van der Waals surface area (Å²) in [5, 5.41) is 17.7. The molecular formula is C26H27F4N5O2. The van der Waals surface area contributed by atoms with Gasteiger partial charge in [-0.25, -0.2) is 4.39 Å². The van der Waals surface area contributed by atoms with Crippen molar-refractivity contribution in [2.24, 2.45) is 7.05 Å². The summed E-state index contributed by atoms with van der Waals surface area (Å²) in [7, 11) is 1.85. The maximum atomic E-state index is 14.0. The first kappa shape index (κ1) is 25.3. The van der Waals surface area contributed by atoms with Crippen molar-refractivity contribution in [2.45, 2.75) is 50.8 Å². The van der Waals surface area contributed by atoms with Gasteiger partial charge < -0.3 is 14.6 Å². The normalized spacial score (nSPS) is 21.1. The average Bonchev–Trinajstić information content (AvgIpc) is 3.50. The number of benzene rings is 2. The summed E-state index contributed by atoms with van der Waals surface area (Å²) in [6.45, 7) is 1.78. The average molecular weight is 518 g/mol. The predicted molar refractivity (Wildman–Crippen MR) is 128 cm³/mol. The molecule has 5 rings (SSSR count). The fourth-order valence-corrected chi connectivity index (χ4v) is 5.11. The Morgan fingerprint density at radius 2 is 1.97 bits per heavy atom. The summed E-state index contributed by atoms with van der Waals surface area (Å²) >= 11 is 0. The molecule has 2 aliphatic heterocycles. The Morgan fingerprint density at radius 1 is 1.19 bits per heavy atom. The highest BCUT2D eigenvalue weighted by atomic mass is 19.4. The number of anilines is 1. The molecule has 1 N–H and O–H groups in total. The lowest BCUT2D eigenvalue weighted by molar-refractivity contribution is -0.138. The fourth-order valence-electron chi connectivity index (χ4n) is 5.11. The van der Waals surface area contributed by atoms with Crippen LogP contribution in [-0.2, 0) is 32.7 Å². The number of amides is 1. The van der Waals surface area contributed by atoms with Crippen LogP contribution >= 0.6 is 0 Å². The molecule has 11 heteroatoms. The lowest BCUT2D eigenvalue weighted by Crippen LogP contribution is -2.23. The van der Waals surface area contributed by atoms with Gasteiger partial charge in [-0.05, 0) is 46.9 Å². The number of hydrogen-bond acceptors (Lipinski definition) is 5. The molecule has 37 heavy (non-hydrogen) atoms. The van der Waals surface area contributed by atoms with E-state index in [1.807, 2.05) is 30.7 Å². The number of aliphatic hydroxyl groups excluding tert-OH is 1. The van der Waals surface area contributed by atoms with E-state index in [0.717, 1.165) is 17.5 Å². The van der Waals surface area contributed by atoms with E-state index >= 15 is 0 Å². The van der Waals surface area contributed by atoms with Crippen LogP contribution in [0.2, 0.25) is 0 Å². The molecule has 2 aromatic carbocycles. The Bertz CT molecular complexity index is 1310. The monoisotopic (exact) mass is 517 g/mol. The summed E-state index contributed by atoms with van der Waals surface area (Å²) in [4.78, 5) is 16.3. The third-order valence-electron chi connectivity index (χ3n) is 7.15. The van der Waals surface area contributed by atoms with Crippen molar-refractivity contribution in [3.8, 4) is 0 Å². The maximum Gasteiger partial charge on any atom is 0.416 e. The van der Waals surface area contributed by atoms with Gasteiger partial charge in [0, 0.05) is 44.4 Å². The zero-order valence-electron chi connectivity index (χ0n) is 20.4. The lowest BCUT2D eigenvalue weighted by atomic mass is 9.97. The van der Waals surface area contributed by atoms with Crippen LogP contribution in [0.15, 0.2) is 42.7 Å². The molecule has 196 valence electrons. The number of aryl methyl sites for hydroxylation is 1. The van der Waals surface area contributed by atoms with Crippen molar-refractivity contribution < 1.29 is 27.5 Å². The highest BCUT2D eigenvalue weighted by Crippen LogP contribution is 2.40. The Labute approximate surface area is 211 Å². The number of likely N-dealkylation sites (tertiary alicyclic amines) is 1. The number of halogens is 4. The third kappa shape index (κ3) is 4.97. The van der Waals surface area contributed by atoms with E-state index in [-0.39, 0.29) is 48.8 Å². The van der Waals surface area contributed by atoms with Gasteiger partial charge in [-0.1, -0.05) is 19.1 Å². The number of aromatic nitrogens is 3. The molecule has 0 saturated carbocycles. The number of rotatable bonds is 6. The Balaban J connectivity index is 1.42. The molecule has 7 nitrogen and oxygen atoms in total. The molecule has 3 atom stereocenters. The summed E-state index contributed by atoms with van der Waals surface area (Å²) in [6, 6.07) is 9.74. The summed E-state index contributed by atoms with van der Waals surface area (Å²) < 4.78 is 57.7. The number of alkyl halides is 4. The van der Waals surface area contributed by atoms with Crippen molar-refractivity contribution in [2.75, 3.05) is 18.0 Å². The quantitative estimate of drug-likeness (QED) is 0.503. The second kappa shape index (κ2) is 9.53. The van der Waals surface area contributed by atoms with Gasteiger partial charge in [-0.2, -0.15) is 13.2 Å². The minimum atomic E-state index is -4.66. The van der Waals surface area contributed by atoms with Gasteiger partial charge in [-0.15, -0.1) is 10.2 Å². The highest BCUT2D eigenvalue weighted by Gasteiger charge is 2.41. The summed E-state index contributed by atoms with van der Waals surface area (Å²) in [6.07, 6.45) is -5.04. The number of carbonyl (C=O) groups excluding carboxylic acids is 1. The van der Waals surface area contributed by atoms with Crippen LogP contribution in [0.5, 0.6) is 0 Å². The van der Waals surface area contributed by atoms with Crippen LogP contribution in [0, 0.1) is 0 Å². The Hall–Kier alpha value is -3.31. The van der Waals surface area contributed by atoms with Crippen LogP contribution in [0.25, 0.3) is 0 Å². The topological polar surface area (TPSA) is 74.5 Å². The molecule has 0 spiro atoms. The maximum absolute atomic E-state index is 14.0. The second-order valence-electron chi connectivity index (χ2n) is 9.89. The fraction of sp³-hybridized carbons (Fsp3) is 0.423. The summed E-state index contributed by atoms with van der Waals surface area (Å²) in [5.74, 6) is 0.329. The SMILES string of the molecule is C[C@H](Cc1nncn1C)c1cccc(N2Cc3c(cc(CN4C[C@@H](O)[C@H](F)C4)cc3C(F)(F)F)C2=O)c1. The van der Waals surface area contributed by atoms with Gasteiger partial charge in [-0.3, -0.25) is 9.69 Å². The zero-order chi connectivity index (χ0) is 26.5. The molecule has 1 fully saturated rings. The molecule has 0 radical (unpaired) electrons. The van der Waals surface area contributed by atoms with Crippen LogP contribution in [0.3, 0.4) is 0 Å². The molecule has 2 aliphatic rings. The Morgan fingerprint density at radius 3 is 2.62 bits per heavy atom. The molecule has 0 bridgehead atoms. The van der Waals surface area contributed by atoms with Crippen molar-refractivity contribution >= 4 is 11.6 Å². The minimum absolute atomic E-state index is 0.00101. The number of aliphatic hydroxyl groups is 1. The first-order valence-corrected chi connectivity index (χ1v) is 12.0. The molecule has 3 heterocycles. The van der Waals surface area contributed by atoms with Crippen molar-refractivity contribution in [3.05, 3.63) is 76.4 Å². The van der Waals surface area contributed by atoms with Gasteiger partial charge in [0.1, 0.15) is 18.3 Å². The van der Waals surface area contributed by atoms with Gasteiger partial charge in [0.2, 0.25) is 0 Å². The number of nitrogens with zero attached hydrogens (tertiary/aromatic N) is 5. The van der Waals surface area contributed by atoms with Crippen molar-refractivity contribution in [1.82, 2.24) is 19.7 Å².